The molecule has 5 heteroatoms. The van der Waals surface area contributed by atoms with E-state index in [9.17, 15) is 4.79 Å². The average molecular weight is 370 g/mol. The molecule has 1 fully saturated rings. The molecule has 0 radical (unpaired) electrons. The molecule has 1 amide bonds. The highest BCUT2D eigenvalue weighted by Crippen LogP contribution is 2.31. The van der Waals surface area contributed by atoms with Crippen molar-refractivity contribution in [2.45, 2.75) is 40.0 Å². The Hall–Kier alpha value is -1.88. The number of hydrogen-bond acceptors (Lipinski definition) is 4. The maximum absolute atomic E-state index is 13.0. The summed E-state index contributed by atoms with van der Waals surface area (Å²) in [7, 11) is 0. The summed E-state index contributed by atoms with van der Waals surface area (Å²) in [4.78, 5) is 23.5. The lowest BCUT2D eigenvalue weighted by Crippen LogP contribution is -2.51. The van der Waals surface area contributed by atoms with Gasteiger partial charge in [0, 0.05) is 42.7 Å². The van der Waals surface area contributed by atoms with Crippen LogP contribution in [0.4, 0.5) is 5.69 Å². The van der Waals surface area contributed by atoms with Crippen LogP contribution in [0, 0.1) is 26.7 Å². The first-order chi connectivity index (χ1) is 12.5. The van der Waals surface area contributed by atoms with Crippen molar-refractivity contribution >= 4 is 22.9 Å². The lowest BCUT2D eigenvalue weighted by Gasteiger charge is -2.38. The maximum Gasteiger partial charge on any atom is 0.226 e. The van der Waals surface area contributed by atoms with Gasteiger partial charge < -0.3 is 9.80 Å². The minimum Gasteiger partial charge on any atom is -0.368 e. The van der Waals surface area contributed by atoms with Gasteiger partial charge in [0.05, 0.1) is 10.7 Å². The van der Waals surface area contributed by atoms with Gasteiger partial charge in [-0.1, -0.05) is 12.1 Å². The second kappa shape index (κ2) is 7.03. The third kappa shape index (κ3) is 3.25. The monoisotopic (exact) mass is 369 g/mol. The van der Waals surface area contributed by atoms with Crippen LogP contribution in [0.25, 0.3) is 0 Å². The number of aryl methyl sites for hydroxylation is 3. The van der Waals surface area contributed by atoms with Crippen LogP contribution in [0.15, 0.2) is 18.2 Å². The predicted molar refractivity (Wildman–Crippen MR) is 107 cm³/mol. The van der Waals surface area contributed by atoms with E-state index in [1.54, 1.807) is 11.3 Å². The molecule has 26 heavy (non-hydrogen) atoms. The molecule has 138 valence electrons. The smallest absolute Gasteiger partial charge is 0.226 e. The number of benzene rings is 1. The number of aromatic nitrogens is 1. The molecule has 0 saturated carbocycles. The quantitative estimate of drug-likeness (QED) is 0.813. The molecule has 1 atom stereocenters. The molecular formula is C21H27N3OS. The summed E-state index contributed by atoms with van der Waals surface area (Å²) in [6, 6.07) is 6.50. The van der Waals surface area contributed by atoms with Crippen LogP contribution in [-0.4, -0.2) is 42.0 Å². The molecule has 1 unspecified atom stereocenters. The third-order valence-electron chi connectivity index (χ3n) is 5.90. The van der Waals surface area contributed by atoms with Gasteiger partial charge in [-0.05, 0) is 57.2 Å². The van der Waals surface area contributed by atoms with Gasteiger partial charge in [-0.3, -0.25) is 4.79 Å². The highest BCUT2D eigenvalue weighted by atomic mass is 32.1. The number of amides is 1. The predicted octanol–water partition coefficient (Wildman–Crippen LogP) is 3.52. The second-order valence-corrected chi connectivity index (χ2v) is 8.86. The van der Waals surface area contributed by atoms with Crippen LogP contribution in [0.1, 0.15) is 33.1 Å². The molecule has 1 aliphatic heterocycles. The Kier molecular flexibility index (Phi) is 4.74. The fourth-order valence-corrected chi connectivity index (χ4v) is 5.28. The minimum atomic E-state index is 0.148. The summed E-state index contributed by atoms with van der Waals surface area (Å²) >= 11 is 1.77. The maximum atomic E-state index is 13.0. The number of hydrogen-bond donors (Lipinski definition) is 0. The van der Waals surface area contributed by atoms with E-state index in [1.165, 1.54) is 27.4 Å². The number of fused-ring (bicyclic) bond motifs is 1. The second-order valence-electron chi connectivity index (χ2n) is 7.57. The van der Waals surface area contributed by atoms with Crippen molar-refractivity contribution in [3.63, 3.8) is 0 Å². The Labute approximate surface area is 159 Å². The van der Waals surface area contributed by atoms with Gasteiger partial charge in [-0.2, -0.15) is 0 Å². The molecule has 2 aliphatic rings. The van der Waals surface area contributed by atoms with Gasteiger partial charge >= 0.3 is 0 Å². The van der Waals surface area contributed by atoms with Crippen molar-refractivity contribution in [3.8, 4) is 0 Å². The van der Waals surface area contributed by atoms with Crippen molar-refractivity contribution in [1.82, 2.24) is 9.88 Å². The number of thiazole rings is 1. The van der Waals surface area contributed by atoms with Crippen LogP contribution < -0.4 is 4.90 Å². The van der Waals surface area contributed by atoms with Gasteiger partial charge in [0.2, 0.25) is 5.91 Å². The van der Waals surface area contributed by atoms with Crippen LogP contribution in [0.3, 0.4) is 0 Å². The van der Waals surface area contributed by atoms with Gasteiger partial charge in [0.1, 0.15) is 0 Å². The largest absolute Gasteiger partial charge is 0.368 e. The number of rotatable bonds is 2. The molecule has 2 aromatic rings. The number of nitrogens with zero attached hydrogens (tertiary/aromatic N) is 3. The number of carbonyl (C=O) groups is 1. The lowest BCUT2D eigenvalue weighted by molar-refractivity contribution is -0.136. The van der Waals surface area contributed by atoms with Crippen molar-refractivity contribution in [2.75, 3.05) is 31.1 Å². The Morgan fingerprint density at radius 2 is 1.92 bits per heavy atom. The van der Waals surface area contributed by atoms with Gasteiger partial charge in [0.25, 0.3) is 0 Å². The number of carbonyl (C=O) groups excluding carboxylic acids is 1. The van der Waals surface area contributed by atoms with Gasteiger partial charge in [-0.15, -0.1) is 11.3 Å². The van der Waals surface area contributed by atoms with E-state index < -0.39 is 0 Å². The molecule has 0 bridgehead atoms. The standard InChI is InChI=1S/C21H27N3OS/c1-14-5-4-6-19(15(14)2)23-9-11-24(12-10-23)21(25)17-7-8-18-20(13-17)26-16(3)22-18/h4-6,17H,7-13H2,1-3H3. The Bertz CT molecular complexity index is 821. The van der Waals surface area contributed by atoms with E-state index >= 15 is 0 Å². The first-order valence-electron chi connectivity index (χ1n) is 9.58. The Balaban J connectivity index is 1.39. The molecule has 1 aliphatic carbocycles. The normalized spacial score (nSPS) is 20.2. The fraction of sp³-hybridized carbons (Fsp3) is 0.524. The molecule has 0 N–H and O–H groups in total. The molecule has 4 nitrogen and oxygen atoms in total. The minimum absolute atomic E-state index is 0.148. The zero-order chi connectivity index (χ0) is 18.3. The Morgan fingerprint density at radius 3 is 2.69 bits per heavy atom. The summed E-state index contributed by atoms with van der Waals surface area (Å²) in [5.74, 6) is 0.497. The molecular weight excluding hydrogens is 342 g/mol. The summed E-state index contributed by atoms with van der Waals surface area (Å²) in [6.45, 7) is 9.93. The molecule has 1 aromatic carbocycles. The zero-order valence-electron chi connectivity index (χ0n) is 15.9. The fourth-order valence-electron chi connectivity index (χ4n) is 4.22. The molecule has 0 spiro atoms. The van der Waals surface area contributed by atoms with E-state index in [4.69, 9.17) is 0 Å². The van der Waals surface area contributed by atoms with E-state index in [-0.39, 0.29) is 5.92 Å². The average Bonchev–Trinajstić information content (AvgIpc) is 3.03. The van der Waals surface area contributed by atoms with Gasteiger partial charge in [0.15, 0.2) is 0 Å². The lowest BCUT2D eigenvalue weighted by atomic mass is 9.89. The van der Waals surface area contributed by atoms with Crippen molar-refractivity contribution < 1.29 is 4.79 Å². The van der Waals surface area contributed by atoms with Crippen LogP contribution in [0.5, 0.6) is 0 Å². The number of piperazine rings is 1. The van der Waals surface area contributed by atoms with E-state index in [0.717, 1.165) is 50.4 Å². The summed E-state index contributed by atoms with van der Waals surface area (Å²) in [5, 5.41) is 1.13. The first kappa shape index (κ1) is 17.5. The van der Waals surface area contributed by atoms with E-state index in [2.05, 4.69) is 53.8 Å². The summed E-state index contributed by atoms with van der Waals surface area (Å²) in [5.41, 5.74) is 5.24. The summed E-state index contributed by atoms with van der Waals surface area (Å²) < 4.78 is 0. The van der Waals surface area contributed by atoms with Crippen molar-refractivity contribution in [3.05, 3.63) is 44.9 Å². The molecule has 1 saturated heterocycles. The van der Waals surface area contributed by atoms with E-state index in [0.29, 0.717) is 5.91 Å². The Morgan fingerprint density at radius 1 is 1.15 bits per heavy atom. The molecule has 1 aromatic heterocycles. The van der Waals surface area contributed by atoms with Gasteiger partial charge in [-0.25, -0.2) is 4.98 Å². The number of anilines is 1. The van der Waals surface area contributed by atoms with E-state index in [1.807, 2.05) is 0 Å². The first-order valence-corrected chi connectivity index (χ1v) is 10.4. The highest BCUT2D eigenvalue weighted by Gasteiger charge is 2.31. The van der Waals surface area contributed by atoms with Crippen LogP contribution in [-0.2, 0) is 17.6 Å². The highest BCUT2D eigenvalue weighted by molar-refractivity contribution is 7.11. The van der Waals surface area contributed by atoms with Crippen molar-refractivity contribution in [1.29, 1.82) is 0 Å². The SMILES string of the molecule is Cc1nc2c(s1)CC(C(=O)N1CCN(c3cccc(C)c3C)CC1)CC2. The summed E-state index contributed by atoms with van der Waals surface area (Å²) in [6.07, 6.45) is 2.79. The van der Waals surface area contributed by atoms with Crippen LogP contribution >= 0.6 is 11.3 Å². The third-order valence-corrected chi connectivity index (χ3v) is 6.94. The topological polar surface area (TPSA) is 36.4 Å². The van der Waals surface area contributed by atoms with Crippen LogP contribution in [0.2, 0.25) is 0 Å². The van der Waals surface area contributed by atoms with Crippen molar-refractivity contribution in [2.24, 2.45) is 5.92 Å². The molecule has 2 heterocycles. The molecule has 4 rings (SSSR count). The zero-order valence-corrected chi connectivity index (χ0v) is 16.7.